The zero-order valence-electron chi connectivity index (χ0n) is 13.8. The zero-order chi connectivity index (χ0) is 15.1. The van der Waals surface area contributed by atoms with E-state index in [-0.39, 0.29) is 12.2 Å². The average Bonchev–Trinajstić information content (AvgIpc) is 2.40. The van der Waals surface area contributed by atoms with Gasteiger partial charge in [0.1, 0.15) is 0 Å². The first kappa shape index (κ1) is 17.9. The summed E-state index contributed by atoms with van der Waals surface area (Å²) in [5, 5.41) is 18.4. The number of nitrogens with zero attached hydrogens (tertiary/aromatic N) is 2. The van der Waals surface area contributed by atoms with Crippen molar-refractivity contribution in [2.75, 3.05) is 28.2 Å². The monoisotopic (exact) mass is 286 g/mol. The molecule has 2 saturated carbocycles. The smallest absolute Gasteiger partial charge is 0.0541 e. The van der Waals surface area contributed by atoms with Gasteiger partial charge in [-0.05, 0) is 79.6 Å². The van der Waals surface area contributed by atoms with Gasteiger partial charge in [-0.15, -0.1) is 0 Å². The molecule has 120 valence electrons. The van der Waals surface area contributed by atoms with Crippen molar-refractivity contribution in [3.05, 3.63) is 0 Å². The van der Waals surface area contributed by atoms with Gasteiger partial charge >= 0.3 is 0 Å². The van der Waals surface area contributed by atoms with Gasteiger partial charge < -0.3 is 20.0 Å². The highest BCUT2D eigenvalue weighted by Gasteiger charge is 2.20. The largest absolute Gasteiger partial charge is 0.393 e. The second-order valence-electron chi connectivity index (χ2n) is 6.85. The Morgan fingerprint density at radius 1 is 0.550 bits per heavy atom. The minimum absolute atomic E-state index is 0.0174. The highest BCUT2D eigenvalue weighted by Crippen LogP contribution is 2.21. The van der Waals surface area contributed by atoms with Crippen molar-refractivity contribution in [2.45, 2.75) is 75.7 Å². The molecule has 2 aliphatic carbocycles. The summed E-state index contributed by atoms with van der Waals surface area (Å²) in [6.07, 6.45) is 8.56. The van der Waals surface area contributed by atoms with Crippen molar-refractivity contribution < 1.29 is 10.2 Å². The van der Waals surface area contributed by atoms with Crippen LogP contribution in [0.5, 0.6) is 0 Å². The summed E-state index contributed by atoms with van der Waals surface area (Å²) in [6, 6.07) is 1.42. The highest BCUT2D eigenvalue weighted by molar-refractivity contribution is 4.76. The van der Waals surface area contributed by atoms with Crippen LogP contribution < -0.4 is 0 Å². The van der Waals surface area contributed by atoms with E-state index in [9.17, 15) is 10.2 Å². The Morgan fingerprint density at radius 2 is 0.800 bits per heavy atom. The Balaban J connectivity index is 0.000000200. The van der Waals surface area contributed by atoms with E-state index in [1.54, 1.807) is 0 Å². The Labute approximate surface area is 124 Å². The maximum atomic E-state index is 9.19. The van der Waals surface area contributed by atoms with Crippen LogP contribution in [0.4, 0.5) is 0 Å². The molecule has 20 heavy (non-hydrogen) atoms. The predicted molar refractivity (Wildman–Crippen MR) is 83.9 cm³/mol. The molecule has 0 aromatic heterocycles. The van der Waals surface area contributed by atoms with Crippen molar-refractivity contribution >= 4 is 0 Å². The summed E-state index contributed by atoms with van der Waals surface area (Å²) >= 11 is 0. The number of aliphatic hydroxyl groups is 2. The van der Waals surface area contributed by atoms with Gasteiger partial charge in [0.2, 0.25) is 0 Å². The molecule has 0 aromatic rings. The molecule has 2 N–H and O–H groups in total. The summed E-state index contributed by atoms with van der Waals surface area (Å²) in [7, 11) is 8.45. The van der Waals surface area contributed by atoms with Crippen molar-refractivity contribution in [1.29, 1.82) is 0 Å². The zero-order valence-corrected chi connectivity index (χ0v) is 13.8. The summed E-state index contributed by atoms with van der Waals surface area (Å²) in [6.45, 7) is 0. The first-order valence-electron chi connectivity index (χ1n) is 8.09. The van der Waals surface area contributed by atoms with E-state index >= 15 is 0 Å². The van der Waals surface area contributed by atoms with Gasteiger partial charge in [0, 0.05) is 12.1 Å². The summed E-state index contributed by atoms with van der Waals surface area (Å²) in [5.74, 6) is 0. The number of hydrogen-bond acceptors (Lipinski definition) is 4. The molecule has 0 spiro atoms. The van der Waals surface area contributed by atoms with E-state index < -0.39 is 0 Å². The molecule has 0 aliphatic heterocycles. The summed E-state index contributed by atoms with van der Waals surface area (Å²) < 4.78 is 0. The Hall–Kier alpha value is -0.160. The standard InChI is InChI=1S/2C8H17NO/c2*1-9(2)7-3-5-8(10)6-4-7/h2*7-8,10H,3-6H2,1-2H3. The van der Waals surface area contributed by atoms with Crippen LogP contribution >= 0.6 is 0 Å². The Kier molecular flexibility index (Phi) is 8.03. The topological polar surface area (TPSA) is 46.9 Å². The lowest BCUT2D eigenvalue weighted by Gasteiger charge is -2.30. The third-order valence-electron chi connectivity index (χ3n) is 4.79. The molecule has 0 radical (unpaired) electrons. The summed E-state index contributed by atoms with van der Waals surface area (Å²) in [4.78, 5) is 4.51. The van der Waals surface area contributed by atoms with Gasteiger partial charge in [-0.1, -0.05) is 0 Å². The molecule has 0 atom stereocenters. The van der Waals surface area contributed by atoms with Crippen LogP contribution in [0.3, 0.4) is 0 Å². The second kappa shape index (κ2) is 8.98. The molecular weight excluding hydrogens is 252 g/mol. The van der Waals surface area contributed by atoms with E-state index in [4.69, 9.17) is 0 Å². The fraction of sp³-hybridized carbons (Fsp3) is 1.00. The maximum absolute atomic E-state index is 9.19. The molecule has 0 bridgehead atoms. The van der Waals surface area contributed by atoms with E-state index in [1.807, 2.05) is 0 Å². The quantitative estimate of drug-likeness (QED) is 0.811. The van der Waals surface area contributed by atoms with Crippen molar-refractivity contribution in [3.8, 4) is 0 Å². The van der Waals surface area contributed by atoms with E-state index in [2.05, 4.69) is 38.0 Å². The van der Waals surface area contributed by atoms with Crippen LogP contribution in [0.1, 0.15) is 51.4 Å². The fourth-order valence-electron chi connectivity index (χ4n) is 3.15. The van der Waals surface area contributed by atoms with Crippen LogP contribution in [-0.2, 0) is 0 Å². The minimum atomic E-state index is -0.0174. The molecule has 0 heterocycles. The van der Waals surface area contributed by atoms with Crippen molar-refractivity contribution in [1.82, 2.24) is 9.80 Å². The Morgan fingerprint density at radius 3 is 1.00 bits per heavy atom. The van der Waals surface area contributed by atoms with Crippen LogP contribution in [0.25, 0.3) is 0 Å². The first-order chi connectivity index (χ1) is 9.40. The Bertz CT molecular complexity index is 217. The first-order valence-corrected chi connectivity index (χ1v) is 8.09. The minimum Gasteiger partial charge on any atom is -0.393 e. The molecule has 0 amide bonds. The van der Waals surface area contributed by atoms with Gasteiger partial charge in [0.25, 0.3) is 0 Å². The molecule has 2 rings (SSSR count). The highest BCUT2D eigenvalue weighted by atomic mass is 16.3. The van der Waals surface area contributed by atoms with E-state index in [1.165, 1.54) is 0 Å². The average molecular weight is 286 g/mol. The van der Waals surface area contributed by atoms with Gasteiger partial charge in [0.15, 0.2) is 0 Å². The van der Waals surface area contributed by atoms with Crippen molar-refractivity contribution in [2.24, 2.45) is 0 Å². The fourth-order valence-corrected chi connectivity index (χ4v) is 3.15. The normalized spacial score (nSPS) is 34.8. The summed E-state index contributed by atoms with van der Waals surface area (Å²) in [5.41, 5.74) is 0. The molecule has 2 aliphatic rings. The van der Waals surface area contributed by atoms with Crippen LogP contribution in [0, 0.1) is 0 Å². The lowest BCUT2D eigenvalue weighted by molar-refractivity contribution is 0.0924. The van der Waals surface area contributed by atoms with Gasteiger partial charge in [-0.25, -0.2) is 0 Å². The number of hydrogen-bond donors (Lipinski definition) is 2. The lowest BCUT2D eigenvalue weighted by atomic mass is 9.93. The molecule has 4 heteroatoms. The predicted octanol–water partition coefficient (Wildman–Crippen LogP) is 1.70. The third-order valence-corrected chi connectivity index (χ3v) is 4.79. The molecule has 2 fully saturated rings. The third kappa shape index (κ3) is 6.53. The molecule has 0 aromatic carbocycles. The van der Waals surface area contributed by atoms with Crippen LogP contribution in [0.15, 0.2) is 0 Å². The van der Waals surface area contributed by atoms with Gasteiger partial charge in [-0.2, -0.15) is 0 Å². The van der Waals surface area contributed by atoms with Gasteiger partial charge in [-0.3, -0.25) is 0 Å². The van der Waals surface area contributed by atoms with E-state index in [0.717, 1.165) is 51.4 Å². The molecule has 4 nitrogen and oxygen atoms in total. The molecular formula is C16H34N2O2. The number of rotatable bonds is 2. The molecule has 0 unspecified atom stereocenters. The van der Waals surface area contributed by atoms with Crippen LogP contribution in [-0.4, -0.2) is 72.5 Å². The SMILES string of the molecule is CN(C)C1CCC(O)CC1.CN(C)C1CCC(O)CC1. The van der Waals surface area contributed by atoms with Crippen molar-refractivity contribution in [3.63, 3.8) is 0 Å². The van der Waals surface area contributed by atoms with E-state index in [0.29, 0.717) is 12.1 Å². The van der Waals surface area contributed by atoms with Crippen LogP contribution in [0.2, 0.25) is 0 Å². The maximum Gasteiger partial charge on any atom is 0.0541 e. The number of aliphatic hydroxyl groups excluding tert-OH is 2. The second-order valence-corrected chi connectivity index (χ2v) is 6.85. The lowest BCUT2D eigenvalue weighted by Crippen LogP contribution is -2.33. The molecule has 0 saturated heterocycles. The van der Waals surface area contributed by atoms with Gasteiger partial charge in [0.05, 0.1) is 12.2 Å².